The van der Waals surface area contributed by atoms with Crippen molar-refractivity contribution < 1.29 is 5.11 Å². The van der Waals surface area contributed by atoms with Crippen LogP contribution in [0.1, 0.15) is 11.7 Å². The van der Waals surface area contributed by atoms with E-state index in [2.05, 4.69) is 15.9 Å². The first kappa shape index (κ1) is 10.3. The van der Waals surface area contributed by atoms with Crippen LogP contribution in [0.15, 0.2) is 22.7 Å². The van der Waals surface area contributed by atoms with Gasteiger partial charge in [-0.05, 0) is 23.8 Å². The Balaban J connectivity index is 3.00. The number of alkyl halides is 1. The van der Waals surface area contributed by atoms with Gasteiger partial charge in [-0.2, -0.15) is 0 Å². The third kappa shape index (κ3) is 2.63. The minimum absolute atomic E-state index is 0.173. The first-order chi connectivity index (χ1) is 5.63. The number of hydrogen-bond donors (Lipinski definition) is 1. The van der Waals surface area contributed by atoms with Crippen molar-refractivity contribution in [3.05, 3.63) is 33.3 Å². The zero-order valence-electron chi connectivity index (χ0n) is 6.10. The Hall–Kier alpha value is 0.240. The van der Waals surface area contributed by atoms with Gasteiger partial charge in [-0.1, -0.05) is 27.5 Å². The summed E-state index contributed by atoms with van der Waals surface area (Å²) in [6.07, 6.45) is -0.651. The molecule has 0 aliphatic rings. The van der Waals surface area contributed by atoms with E-state index in [0.717, 1.165) is 10.0 Å². The van der Waals surface area contributed by atoms with Gasteiger partial charge in [-0.3, -0.25) is 0 Å². The summed E-state index contributed by atoms with van der Waals surface area (Å²) < 4.78 is 0.842. The number of halogens is 3. The molecule has 0 fully saturated rings. The zero-order chi connectivity index (χ0) is 9.14. The Morgan fingerprint density at radius 1 is 1.42 bits per heavy atom. The largest absolute Gasteiger partial charge is 0.387 e. The van der Waals surface area contributed by atoms with Crippen molar-refractivity contribution in [2.45, 2.75) is 6.10 Å². The van der Waals surface area contributed by atoms with Crippen LogP contribution in [0.3, 0.4) is 0 Å². The summed E-state index contributed by atoms with van der Waals surface area (Å²) in [6, 6.07) is 5.24. The number of benzene rings is 1. The summed E-state index contributed by atoms with van der Waals surface area (Å²) in [6.45, 7) is 0. The van der Waals surface area contributed by atoms with Crippen molar-refractivity contribution >= 4 is 39.1 Å². The molecule has 1 aromatic rings. The first-order valence-corrected chi connectivity index (χ1v) is 5.04. The van der Waals surface area contributed by atoms with Crippen LogP contribution >= 0.6 is 39.1 Å². The summed E-state index contributed by atoms with van der Waals surface area (Å²) in [7, 11) is 0. The van der Waals surface area contributed by atoms with Crippen molar-refractivity contribution in [3.8, 4) is 0 Å². The quantitative estimate of drug-likeness (QED) is 0.817. The molecule has 0 amide bonds. The third-order valence-electron chi connectivity index (χ3n) is 1.42. The SMILES string of the molecule is OC(CCl)c1cc(Cl)cc(Br)c1. The van der Waals surface area contributed by atoms with E-state index in [9.17, 15) is 5.11 Å². The fourth-order valence-electron chi connectivity index (χ4n) is 0.857. The fourth-order valence-corrected chi connectivity index (χ4v) is 1.92. The van der Waals surface area contributed by atoms with Gasteiger partial charge in [0.2, 0.25) is 0 Å². The molecular weight excluding hydrogens is 263 g/mol. The molecule has 66 valence electrons. The summed E-state index contributed by atoms with van der Waals surface area (Å²) in [5.41, 5.74) is 0.726. The summed E-state index contributed by atoms with van der Waals surface area (Å²) in [4.78, 5) is 0. The van der Waals surface area contributed by atoms with Gasteiger partial charge in [0, 0.05) is 9.50 Å². The predicted molar refractivity (Wildman–Crippen MR) is 54.8 cm³/mol. The molecule has 0 heterocycles. The molecule has 1 N–H and O–H groups in total. The monoisotopic (exact) mass is 268 g/mol. The van der Waals surface area contributed by atoms with Crippen molar-refractivity contribution in [1.29, 1.82) is 0 Å². The van der Waals surface area contributed by atoms with Gasteiger partial charge < -0.3 is 5.11 Å². The molecule has 1 rings (SSSR count). The van der Waals surface area contributed by atoms with Crippen LogP contribution in [0.4, 0.5) is 0 Å². The lowest BCUT2D eigenvalue weighted by Crippen LogP contribution is -1.98. The maximum absolute atomic E-state index is 9.37. The van der Waals surface area contributed by atoms with E-state index in [1.54, 1.807) is 18.2 Å². The molecule has 0 aliphatic heterocycles. The van der Waals surface area contributed by atoms with E-state index < -0.39 is 6.10 Å². The smallest absolute Gasteiger partial charge is 0.0926 e. The van der Waals surface area contributed by atoms with E-state index in [-0.39, 0.29) is 5.88 Å². The van der Waals surface area contributed by atoms with Crippen molar-refractivity contribution in [2.75, 3.05) is 5.88 Å². The standard InChI is InChI=1S/C8H7BrCl2O/c9-6-1-5(8(12)4-10)2-7(11)3-6/h1-3,8,12H,4H2. The molecule has 0 aromatic heterocycles. The van der Waals surface area contributed by atoms with Gasteiger partial charge in [0.1, 0.15) is 0 Å². The van der Waals surface area contributed by atoms with E-state index in [1.807, 2.05) is 0 Å². The molecular formula is C8H7BrCl2O. The molecule has 0 spiro atoms. The summed E-state index contributed by atoms with van der Waals surface area (Å²) in [5.74, 6) is 0.173. The second-order valence-electron chi connectivity index (χ2n) is 2.37. The molecule has 12 heavy (non-hydrogen) atoms. The molecule has 1 aromatic carbocycles. The van der Waals surface area contributed by atoms with E-state index in [0.29, 0.717) is 5.02 Å². The van der Waals surface area contributed by atoms with Crippen LogP contribution < -0.4 is 0 Å². The lowest BCUT2D eigenvalue weighted by Gasteiger charge is -2.07. The molecule has 4 heteroatoms. The second-order valence-corrected chi connectivity index (χ2v) is 4.03. The minimum Gasteiger partial charge on any atom is -0.387 e. The Kier molecular flexibility index (Phi) is 3.84. The van der Waals surface area contributed by atoms with Crippen molar-refractivity contribution in [2.24, 2.45) is 0 Å². The number of aliphatic hydroxyl groups excluding tert-OH is 1. The molecule has 0 bridgehead atoms. The molecule has 1 unspecified atom stereocenters. The molecule has 1 atom stereocenters. The molecule has 0 saturated carbocycles. The minimum atomic E-state index is -0.651. The normalized spacial score (nSPS) is 13.0. The first-order valence-electron chi connectivity index (χ1n) is 3.33. The Bertz CT molecular complexity index is 258. The van der Waals surface area contributed by atoms with Gasteiger partial charge >= 0.3 is 0 Å². The van der Waals surface area contributed by atoms with Gasteiger partial charge in [-0.25, -0.2) is 0 Å². The highest BCUT2D eigenvalue weighted by molar-refractivity contribution is 9.10. The summed E-state index contributed by atoms with van der Waals surface area (Å²) >= 11 is 14.5. The van der Waals surface area contributed by atoms with Gasteiger partial charge in [0.05, 0.1) is 12.0 Å². The van der Waals surface area contributed by atoms with Crippen LogP contribution in [0.5, 0.6) is 0 Å². The lowest BCUT2D eigenvalue weighted by molar-refractivity contribution is 0.202. The molecule has 0 aliphatic carbocycles. The second kappa shape index (κ2) is 4.47. The highest BCUT2D eigenvalue weighted by atomic mass is 79.9. The third-order valence-corrected chi connectivity index (χ3v) is 2.38. The van der Waals surface area contributed by atoms with Gasteiger partial charge in [0.15, 0.2) is 0 Å². The Labute approximate surface area is 89.4 Å². The van der Waals surface area contributed by atoms with Crippen LogP contribution in [0.2, 0.25) is 5.02 Å². The highest BCUT2D eigenvalue weighted by Gasteiger charge is 2.06. The van der Waals surface area contributed by atoms with E-state index in [4.69, 9.17) is 23.2 Å². The topological polar surface area (TPSA) is 20.2 Å². The van der Waals surface area contributed by atoms with Gasteiger partial charge in [-0.15, -0.1) is 11.6 Å². The maximum Gasteiger partial charge on any atom is 0.0926 e. The Morgan fingerprint density at radius 2 is 2.08 bits per heavy atom. The highest BCUT2D eigenvalue weighted by Crippen LogP contribution is 2.24. The van der Waals surface area contributed by atoms with Gasteiger partial charge in [0.25, 0.3) is 0 Å². The van der Waals surface area contributed by atoms with Crippen molar-refractivity contribution in [3.63, 3.8) is 0 Å². The molecule has 0 saturated heterocycles. The lowest BCUT2D eigenvalue weighted by atomic mass is 10.1. The zero-order valence-corrected chi connectivity index (χ0v) is 9.20. The average Bonchev–Trinajstić information content (AvgIpc) is 2.01. The average molecular weight is 270 g/mol. The van der Waals surface area contributed by atoms with Crippen LogP contribution in [-0.2, 0) is 0 Å². The van der Waals surface area contributed by atoms with Crippen LogP contribution in [0.25, 0.3) is 0 Å². The van der Waals surface area contributed by atoms with Crippen LogP contribution in [0, 0.1) is 0 Å². The van der Waals surface area contributed by atoms with E-state index >= 15 is 0 Å². The van der Waals surface area contributed by atoms with Crippen LogP contribution in [-0.4, -0.2) is 11.0 Å². The number of hydrogen-bond acceptors (Lipinski definition) is 1. The number of rotatable bonds is 2. The fraction of sp³-hybridized carbons (Fsp3) is 0.250. The Morgan fingerprint density at radius 3 is 2.58 bits per heavy atom. The summed E-state index contributed by atoms with van der Waals surface area (Å²) in [5, 5.41) is 9.95. The molecule has 1 nitrogen and oxygen atoms in total. The number of aliphatic hydroxyl groups is 1. The maximum atomic E-state index is 9.37. The van der Waals surface area contributed by atoms with Crippen molar-refractivity contribution in [1.82, 2.24) is 0 Å². The van der Waals surface area contributed by atoms with E-state index in [1.165, 1.54) is 0 Å². The predicted octanol–water partition coefficient (Wildman–Crippen LogP) is 3.37. The molecule has 0 radical (unpaired) electrons.